The Hall–Kier alpha value is -0.960. The van der Waals surface area contributed by atoms with Crippen molar-refractivity contribution in [2.75, 3.05) is 0 Å². The summed E-state index contributed by atoms with van der Waals surface area (Å²) in [4.78, 5) is 18.0. The third-order valence-corrected chi connectivity index (χ3v) is 5.28. The Morgan fingerprint density at radius 2 is 2.00 bits per heavy atom. The minimum absolute atomic E-state index is 0.102. The van der Waals surface area contributed by atoms with Crippen LogP contribution in [0.4, 0.5) is 0 Å². The van der Waals surface area contributed by atoms with E-state index in [-0.39, 0.29) is 21.0 Å². The molecular formula is C12H14BrNO5S. The first kappa shape index (κ1) is 15.4. The molecule has 1 fully saturated rings. The van der Waals surface area contributed by atoms with Gasteiger partial charge in [-0.15, -0.1) is 0 Å². The van der Waals surface area contributed by atoms with Gasteiger partial charge in [0.25, 0.3) is 10.0 Å². The molecule has 2 rings (SSSR count). The minimum Gasteiger partial charge on any atom is -0.478 e. The number of sulfonamides is 1. The van der Waals surface area contributed by atoms with Crippen molar-refractivity contribution in [2.45, 2.75) is 36.7 Å². The highest BCUT2D eigenvalue weighted by Gasteiger charge is 2.23. The van der Waals surface area contributed by atoms with Gasteiger partial charge in [-0.3, -0.25) is 4.84 Å². The Morgan fingerprint density at radius 3 is 2.60 bits per heavy atom. The molecule has 0 unspecified atom stereocenters. The second kappa shape index (κ2) is 6.21. The smallest absolute Gasteiger partial charge is 0.335 e. The quantitative estimate of drug-likeness (QED) is 0.782. The Labute approximate surface area is 125 Å². The minimum atomic E-state index is -3.92. The van der Waals surface area contributed by atoms with Gasteiger partial charge < -0.3 is 5.11 Å². The van der Waals surface area contributed by atoms with Crippen LogP contribution in [0.25, 0.3) is 0 Å². The van der Waals surface area contributed by atoms with E-state index in [9.17, 15) is 13.2 Å². The van der Waals surface area contributed by atoms with Crippen molar-refractivity contribution in [3.05, 3.63) is 28.2 Å². The van der Waals surface area contributed by atoms with Crippen molar-refractivity contribution < 1.29 is 23.2 Å². The zero-order valence-electron chi connectivity index (χ0n) is 10.5. The van der Waals surface area contributed by atoms with Crippen molar-refractivity contribution in [1.29, 1.82) is 0 Å². The highest BCUT2D eigenvalue weighted by Crippen LogP contribution is 2.25. The van der Waals surface area contributed by atoms with E-state index in [1.54, 1.807) is 0 Å². The molecule has 0 radical (unpaired) electrons. The van der Waals surface area contributed by atoms with Crippen molar-refractivity contribution in [1.82, 2.24) is 4.89 Å². The lowest BCUT2D eigenvalue weighted by molar-refractivity contribution is 0.0223. The van der Waals surface area contributed by atoms with Gasteiger partial charge in [-0.1, -0.05) is 17.7 Å². The molecule has 20 heavy (non-hydrogen) atoms. The number of hydrogen-bond acceptors (Lipinski definition) is 4. The van der Waals surface area contributed by atoms with Crippen LogP contribution < -0.4 is 4.89 Å². The third kappa shape index (κ3) is 3.57. The van der Waals surface area contributed by atoms with E-state index in [0.717, 1.165) is 31.7 Å². The van der Waals surface area contributed by atoms with Crippen LogP contribution in [0.5, 0.6) is 0 Å². The van der Waals surface area contributed by atoms with Crippen LogP contribution in [0.1, 0.15) is 36.0 Å². The van der Waals surface area contributed by atoms with Crippen LogP contribution in [-0.4, -0.2) is 25.6 Å². The predicted octanol–water partition coefficient (Wildman–Crippen LogP) is 2.30. The molecule has 110 valence electrons. The molecule has 1 aliphatic rings. The Balaban J connectivity index is 2.19. The first-order chi connectivity index (χ1) is 9.40. The summed E-state index contributed by atoms with van der Waals surface area (Å²) in [6.45, 7) is 0. The summed E-state index contributed by atoms with van der Waals surface area (Å²) in [5, 5.41) is 8.91. The number of aromatic carboxylic acids is 1. The highest BCUT2D eigenvalue weighted by atomic mass is 79.9. The number of halogens is 1. The van der Waals surface area contributed by atoms with Gasteiger partial charge in [0.15, 0.2) is 0 Å². The van der Waals surface area contributed by atoms with Gasteiger partial charge in [-0.25, -0.2) is 13.2 Å². The van der Waals surface area contributed by atoms with E-state index in [1.807, 2.05) is 0 Å². The van der Waals surface area contributed by atoms with Crippen LogP contribution in [-0.2, 0) is 14.9 Å². The van der Waals surface area contributed by atoms with Crippen LogP contribution in [0.3, 0.4) is 0 Å². The van der Waals surface area contributed by atoms with Crippen LogP contribution in [0.2, 0.25) is 0 Å². The number of hydrogen-bond donors (Lipinski definition) is 2. The van der Waals surface area contributed by atoms with Crippen molar-refractivity contribution in [3.8, 4) is 0 Å². The highest BCUT2D eigenvalue weighted by molar-refractivity contribution is 9.10. The summed E-state index contributed by atoms with van der Waals surface area (Å²) in [5.41, 5.74) is -0.102. The lowest BCUT2D eigenvalue weighted by atomic mass is 10.2. The number of carbonyl (C=O) groups is 1. The lowest BCUT2D eigenvalue weighted by Crippen LogP contribution is -2.29. The second-order valence-corrected chi connectivity index (χ2v) is 7.03. The molecule has 6 nitrogen and oxygen atoms in total. The van der Waals surface area contributed by atoms with Gasteiger partial charge in [0, 0.05) is 4.47 Å². The molecule has 0 heterocycles. The maximum absolute atomic E-state index is 12.1. The van der Waals surface area contributed by atoms with Crippen LogP contribution in [0.15, 0.2) is 27.6 Å². The molecule has 1 aliphatic carbocycles. The summed E-state index contributed by atoms with van der Waals surface area (Å²) in [5.74, 6) is -1.19. The van der Waals surface area contributed by atoms with Crippen LogP contribution in [0, 0.1) is 0 Å². The Kier molecular flexibility index (Phi) is 4.79. The Bertz CT molecular complexity index is 610. The normalized spacial score (nSPS) is 16.4. The molecule has 0 aliphatic heterocycles. The topological polar surface area (TPSA) is 92.7 Å². The third-order valence-electron chi connectivity index (χ3n) is 3.09. The number of carboxylic acid groups (broad SMARTS) is 1. The average Bonchev–Trinajstić information content (AvgIpc) is 2.89. The van der Waals surface area contributed by atoms with Gasteiger partial charge in [-0.05, 0) is 47.0 Å². The number of rotatable bonds is 5. The van der Waals surface area contributed by atoms with E-state index >= 15 is 0 Å². The summed E-state index contributed by atoms with van der Waals surface area (Å²) in [6, 6.07) is 3.80. The monoisotopic (exact) mass is 363 g/mol. The second-order valence-electron chi connectivity index (χ2n) is 4.56. The fraction of sp³-hybridized carbons (Fsp3) is 0.417. The van der Waals surface area contributed by atoms with E-state index in [0.29, 0.717) is 0 Å². The molecule has 1 aromatic rings. The summed E-state index contributed by atoms with van der Waals surface area (Å²) in [7, 11) is -3.92. The van der Waals surface area contributed by atoms with Gasteiger partial charge in [0.2, 0.25) is 0 Å². The molecule has 8 heteroatoms. The van der Waals surface area contributed by atoms with E-state index in [4.69, 9.17) is 9.94 Å². The summed E-state index contributed by atoms with van der Waals surface area (Å²) in [6.07, 6.45) is 3.55. The van der Waals surface area contributed by atoms with Gasteiger partial charge in [0.05, 0.1) is 16.6 Å². The van der Waals surface area contributed by atoms with E-state index < -0.39 is 16.0 Å². The molecular weight excluding hydrogens is 350 g/mol. The first-order valence-corrected chi connectivity index (χ1v) is 8.38. The number of benzene rings is 1. The van der Waals surface area contributed by atoms with Crippen molar-refractivity contribution in [3.63, 3.8) is 0 Å². The summed E-state index contributed by atoms with van der Waals surface area (Å²) >= 11 is 3.10. The summed E-state index contributed by atoms with van der Waals surface area (Å²) < 4.78 is 24.5. The fourth-order valence-corrected chi connectivity index (χ4v) is 3.87. The zero-order chi connectivity index (χ0) is 14.8. The lowest BCUT2D eigenvalue weighted by Gasteiger charge is -2.13. The molecule has 0 spiro atoms. The Morgan fingerprint density at radius 1 is 1.35 bits per heavy atom. The SMILES string of the molecule is O=C(O)c1ccc(Br)c(S(=O)(=O)NOC2CCCC2)c1. The van der Waals surface area contributed by atoms with E-state index in [1.165, 1.54) is 12.1 Å². The molecule has 0 bridgehead atoms. The molecule has 1 aromatic carbocycles. The molecule has 2 N–H and O–H groups in total. The van der Waals surface area contributed by atoms with Crippen LogP contribution >= 0.6 is 15.9 Å². The fourth-order valence-electron chi connectivity index (χ4n) is 2.02. The van der Waals surface area contributed by atoms with Gasteiger partial charge >= 0.3 is 5.97 Å². The van der Waals surface area contributed by atoms with Gasteiger partial charge in [0.1, 0.15) is 0 Å². The molecule has 1 saturated carbocycles. The number of carboxylic acids is 1. The molecule has 0 atom stereocenters. The first-order valence-electron chi connectivity index (χ1n) is 6.10. The van der Waals surface area contributed by atoms with Crippen molar-refractivity contribution in [2.24, 2.45) is 0 Å². The maximum Gasteiger partial charge on any atom is 0.335 e. The predicted molar refractivity (Wildman–Crippen MR) is 74.8 cm³/mol. The molecule has 0 aromatic heterocycles. The van der Waals surface area contributed by atoms with Gasteiger partial charge in [-0.2, -0.15) is 0 Å². The largest absolute Gasteiger partial charge is 0.478 e. The number of nitrogens with one attached hydrogen (secondary N) is 1. The maximum atomic E-state index is 12.1. The van der Waals surface area contributed by atoms with Crippen molar-refractivity contribution >= 4 is 31.9 Å². The molecule has 0 saturated heterocycles. The zero-order valence-corrected chi connectivity index (χ0v) is 12.9. The van der Waals surface area contributed by atoms with E-state index in [2.05, 4.69) is 20.8 Å². The standard InChI is InChI=1S/C12H14BrNO5S/c13-10-6-5-8(12(15)16)7-11(10)20(17,18)14-19-9-3-1-2-4-9/h5-7,9,14H,1-4H2,(H,15,16). The average molecular weight is 364 g/mol. The molecule has 0 amide bonds.